The van der Waals surface area contributed by atoms with Gasteiger partial charge in [0, 0.05) is 13.1 Å². The van der Waals surface area contributed by atoms with E-state index in [0.717, 1.165) is 11.1 Å². The van der Waals surface area contributed by atoms with E-state index in [1.807, 2.05) is 19.1 Å². The Bertz CT molecular complexity index is 431. The highest BCUT2D eigenvalue weighted by Crippen LogP contribution is 2.12. The molecule has 2 amide bonds. The van der Waals surface area contributed by atoms with E-state index in [9.17, 15) is 14.7 Å². The summed E-state index contributed by atoms with van der Waals surface area (Å²) in [6, 6.07) is 6.86. The lowest BCUT2D eigenvalue weighted by molar-refractivity contribution is -0.136. The minimum atomic E-state index is -0.972. The van der Waals surface area contributed by atoms with Crippen molar-refractivity contribution in [3.05, 3.63) is 35.4 Å². The Kier molecular flexibility index (Phi) is 5.81. The van der Waals surface area contributed by atoms with Crippen LogP contribution in [0.3, 0.4) is 0 Å². The Labute approximate surface area is 111 Å². The smallest absolute Gasteiger partial charge is 0.314 e. The molecule has 0 radical (unpaired) electrons. The molecule has 0 aliphatic rings. The first kappa shape index (κ1) is 15.0. The van der Waals surface area contributed by atoms with Gasteiger partial charge in [0.05, 0.1) is 12.5 Å². The van der Waals surface area contributed by atoms with Gasteiger partial charge in [-0.05, 0) is 12.5 Å². The number of nitrogens with one attached hydrogen (secondary N) is 2. The molecule has 0 aliphatic carbocycles. The van der Waals surface area contributed by atoms with Gasteiger partial charge in [0.2, 0.25) is 0 Å². The van der Waals surface area contributed by atoms with Crippen LogP contribution in [-0.2, 0) is 4.79 Å². The normalized spacial score (nSPS) is 11.7. The van der Waals surface area contributed by atoms with Crippen LogP contribution in [-0.4, -0.2) is 35.3 Å². The number of carbonyl (C=O) groups excluding carboxylic acids is 1. The molecule has 6 heteroatoms. The number of carboxylic acid groups (broad SMARTS) is 1. The highest BCUT2D eigenvalue weighted by Gasteiger charge is 2.09. The number of carbonyl (C=O) groups is 2. The summed E-state index contributed by atoms with van der Waals surface area (Å²) in [6.07, 6.45) is -0.917. The maximum Gasteiger partial charge on any atom is 0.314 e. The van der Waals surface area contributed by atoms with Crippen LogP contribution < -0.4 is 10.6 Å². The number of benzene rings is 1. The van der Waals surface area contributed by atoms with Crippen molar-refractivity contribution < 1.29 is 19.8 Å². The first-order chi connectivity index (χ1) is 8.99. The van der Waals surface area contributed by atoms with Crippen molar-refractivity contribution >= 4 is 12.0 Å². The summed E-state index contributed by atoms with van der Waals surface area (Å²) >= 11 is 0. The Morgan fingerprint density at radius 3 is 2.42 bits per heavy atom. The number of amides is 2. The second-order valence-electron chi connectivity index (χ2n) is 4.21. The maximum atomic E-state index is 11.3. The van der Waals surface area contributed by atoms with Gasteiger partial charge in [-0.1, -0.05) is 29.8 Å². The fourth-order valence-electron chi connectivity index (χ4n) is 1.44. The number of aryl methyl sites for hydroxylation is 1. The highest BCUT2D eigenvalue weighted by molar-refractivity contribution is 5.75. The molecule has 1 aromatic rings. The summed E-state index contributed by atoms with van der Waals surface area (Å²) in [5.74, 6) is -0.972. The standard InChI is InChI=1S/C13H18N2O4/c1-9-2-4-10(5-3-9)11(16)8-15-13(19)14-7-6-12(17)18/h2-5,11,16H,6-8H2,1H3,(H,17,18)(H2,14,15,19)/t11-/m1/s1. The number of aliphatic hydroxyl groups excluding tert-OH is 1. The fourth-order valence-corrected chi connectivity index (χ4v) is 1.44. The van der Waals surface area contributed by atoms with E-state index in [0.29, 0.717) is 0 Å². The Balaban J connectivity index is 2.29. The molecule has 0 fully saturated rings. The first-order valence-electron chi connectivity index (χ1n) is 5.97. The van der Waals surface area contributed by atoms with E-state index < -0.39 is 18.1 Å². The minimum Gasteiger partial charge on any atom is -0.481 e. The van der Waals surface area contributed by atoms with E-state index in [1.165, 1.54) is 0 Å². The van der Waals surface area contributed by atoms with E-state index in [4.69, 9.17) is 5.11 Å². The maximum absolute atomic E-state index is 11.3. The van der Waals surface area contributed by atoms with Gasteiger partial charge in [0.1, 0.15) is 0 Å². The van der Waals surface area contributed by atoms with Crippen LogP contribution in [0.25, 0.3) is 0 Å². The van der Waals surface area contributed by atoms with Gasteiger partial charge in [0.25, 0.3) is 0 Å². The molecule has 19 heavy (non-hydrogen) atoms. The average Bonchev–Trinajstić information content (AvgIpc) is 2.36. The van der Waals surface area contributed by atoms with Gasteiger partial charge < -0.3 is 20.8 Å². The molecule has 6 nitrogen and oxygen atoms in total. The quantitative estimate of drug-likeness (QED) is 0.612. The third-order valence-electron chi connectivity index (χ3n) is 2.54. The number of hydrogen-bond donors (Lipinski definition) is 4. The Morgan fingerprint density at radius 1 is 1.21 bits per heavy atom. The summed E-state index contributed by atoms with van der Waals surface area (Å²) in [6.45, 7) is 2.08. The van der Waals surface area contributed by atoms with Crippen molar-refractivity contribution in [1.29, 1.82) is 0 Å². The zero-order chi connectivity index (χ0) is 14.3. The minimum absolute atomic E-state index is 0.0573. The molecule has 0 heterocycles. The number of aliphatic carboxylic acids is 1. The highest BCUT2D eigenvalue weighted by atomic mass is 16.4. The first-order valence-corrected chi connectivity index (χ1v) is 5.97. The summed E-state index contributed by atoms with van der Waals surface area (Å²) in [5, 5.41) is 23.1. The lowest BCUT2D eigenvalue weighted by Gasteiger charge is -2.13. The molecule has 104 valence electrons. The molecular formula is C13H18N2O4. The third kappa shape index (κ3) is 5.87. The largest absolute Gasteiger partial charge is 0.481 e. The lowest BCUT2D eigenvalue weighted by atomic mass is 10.1. The van der Waals surface area contributed by atoms with Gasteiger partial charge in [-0.2, -0.15) is 0 Å². The van der Waals surface area contributed by atoms with Crippen molar-refractivity contribution in [2.45, 2.75) is 19.4 Å². The molecule has 1 atom stereocenters. The van der Waals surface area contributed by atoms with Crippen molar-refractivity contribution in [1.82, 2.24) is 10.6 Å². The van der Waals surface area contributed by atoms with Crippen LogP contribution in [0.1, 0.15) is 23.7 Å². The molecule has 0 bridgehead atoms. The molecule has 0 aromatic heterocycles. The van der Waals surface area contributed by atoms with Gasteiger partial charge in [-0.15, -0.1) is 0 Å². The van der Waals surface area contributed by atoms with E-state index >= 15 is 0 Å². The molecule has 1 aromatic carbocycles. The second kappa shape index (κ2) is 7.38. The monoisotopic (exact) mass is 266 g/mol. The Hall–Kier alpha value is -2.08. The van der Waals surface area contributed by atoms with Gasteiger partial charge in [-0.25, -0.2) is 4.79 Å². The van der Waals surface area contributed by atoms with Crippen molar-refractivity contribution in [3.63, 3.8) is 0 Å². The van der Waals surface area contributed by atoms with Gasteiger partial charge in [-0.3, -0.25) is 4.79 Å². The molecule has 1 rings (SSSR count). The molecule has 0 saturated carbocycles. The summed E-state index contributed by atoms with van der Waals surface area (Å²) < 4.78 is 0. The van der Waals surface area contributed by atoms with Crippen LogP contribution in [0, 0.1) is 6.92 Å². The summed E-state index contributed by atoms with van der Waals surface area (Å²) in [7, 11) is 0. The van der Waals surface area contributed by atoms with Crippen LogP contribution in [0.2, 0.25) is 0 Å². The number of rotatable bonds is 6. The molecular weight excluding hydrogens is 248 g/mol. The van der Waals surface area contributed by atoms with Gasteiger partial charge in [0.15, 0.2) is 0 Å². The number of urea groups is 1. The fraction of sp³-hybridized carbons (Fsp3) is 0.385. The number of hydrogen-bond acceptors (Lipinski definition) is 3. The van der Waals surface area contributed by atoms with Crippen LogP contribution in [0.15, 0.2) is 24.3 Å². The SMILES string of the molecule is Cc1ccc([C@H](O)CNC(=O)NCCC(=O)O)cc1. The van der Waals surface area contributed by atoms with Crippen molar-refractivity contribution in [2.75, 3.05) is 13.1 Å². The van der Waals surface area contributed by atoms with E-state index in [-0.39, 0.29) is 19.5 Å². The molecule has 0 saturated heterocycles. The topological polar surface area (TPSA) is 98.7 Å². The summed E-state index contributed by atoms with van der Waals surface area (Å²) in [5.41, 5.74) is 1.81. The molecule has 0 unspecified atom stereocenters. The zero-order valence-corrected chi connectivity index (χ0v) is 10.7. The lowest BCUT2D eigenvalue weighted by Crippen LogP contribution is -2.38. The average molecular weight is 266 g/mol. The van der Waals surface area contributed by atoms with E-state index in [2.05, 4.69) is 10.6 Å². The predicted molar refractivity (Wildman–Crippen MR) is 69.8 cm³/mol. The van der Waals surface area contributed by atoms with Crippen LogP contribution in [0.4, 0.5) is 4.79 Å². The number of carboxylic acids is 1. The predicted octanol–water partition coefficient (Wildman–Crippen LogP) is 0.802. The summed E-state index contributed by atoms with van der Waals surface area (Å²) in [4.78, 5) is 21.5. The van der Waals surface area contributed by atoms with E-state index in [1.54, 1.807) is 12.1 Å². The molecule has 0 aliphatic heterocycles. The van der Waals surface area contributed by atoms with Gasteiger partial charge >= 0.3 is 12.0 Å². The zero-order valence-electron chi connectivity index (χ0n) is 10.7. The number of aliphatic hydroxyl groups is 1. The van der Waals surface area contributed by atoms with Crippen LogP contribution in [0.5, 0.6) is 0 Å². The van der Waals surface area contributed by atoms with Crippen molar-refractivity contribution in [2.24, 2.45) is 0 Å². The molecule has 4 N–H and O–H groups in total. The Morgan fingerprint density at radius 2 is 1.84 bits per heavy atom. The van der Waals surface area contributed by atoms with Crippen LogP contribution >= 0.6 is 0 Å². The van der Waals surface area contributed by atoms with Crippen molar-refractivity contribution in [3.8, 4) is 0 Å². The third-order valence-corrected chi connectivity index (χ3v) is 2.54. The second-order valence-corrected chi connectivity index (χ2v) is 4.21. The molecule has 0 spiro atoms.